The zero-order valence-electron chi connectivity index (χ0n) is 15.8. The smallest absolute Gasteiger partial charge is 0.0702 e. The first kappa shape index (κ1) is 19.2. The van der Waals surface area contributed by atoms with Gasteiger partial charge >= 0.3 is 0 Å². The SMILES string of the molecule is C=C(/C=C\C(=C)N(C)c1cccc(-c2ccccn2)c1)/C(C)=C/C=C\C. The van der Waals surface area contributed by atoms with Crippen molar-refractivity contribution in [1.82, 2.24) is 4.98 Å². The van der Waals surface area contributed by atoms with Crippen LogP contribution in [-0.2, 0) is 0 Å². The maximum Gasteiger partial charge on any atom is 0.0702 e. The Labute approximate surface area is 157 Å². The molecule has 2 rings (SSSR count). The molecule has 0 fully saturated rings. The van der Waals surface area contributed by atoms with E-state index >= 15 is 0 Å². The fraction of sp³-hybridized carbons (Fsp3) is 0.125. The van der Waals surface area contributed by atoms with E-state index in [0.29, 0.717) is 0 Å². The first-order valence-electron chi connectivity index (χ1n) is 8.64. The molecule has 2 heteroatoms. The number of rotatable bonds is 7. The average molecular weight is 342 g/mol. The standard InChI is InChI=1S/C24H26N2/c1-6-7-11-19(2)20(3)15-16-21(4)26(5)23-13-10-12-22(18-23)24-14-8-9-17-25-24/h6-18H,3-4H2,1-2,5H3/b7-6-,16-15-,19-11+. The summed E-state index contributed by atoms with van der Waals surface area (Å²) >= 11 is 0. The van der Waals surface area contributed by atoms with E-state index in [2.05, 4.69) is 54.2 Å². The molecule has 0 N–H and O–H groups in total. The monoisotopic (exact) mass is 342 g/mol. The van der Waals surface area contributed by atoms with Gasteiger partial charge in [-0.1, -0.05) is 55.7 Å². The average Bonchev–Trinajstić information content (AvgIpc) is 2.70. The third-order valence-corrected chi connectivity index (χ3v) is 4.15. The number of allylic oxidation sites excluding steroid dienone is 7. The molecular weight excluding hydrogens is 316 g/mol. The van der Waals surface area contributed by atoms with Crippen LogP contribution in [0.1, 0.15) is 13.8 Å². The second-order valence-corrected chi connectivity index (χ2v) is 6.05. The van der Waals surface area contributed by atoms with Crippen molar-refractivity contribution >= 4 is 5.69 Å². The minimum atomic E-state index is 0.892. The van der Waals surface area contributed by atoms with Gasteiger partial charge in [0.05, 0.1) is 5.69 Å². The minimum Gasteiger partial charge on any atom is -0.345 e. The van der Waals surface area contributed by atoms with Crippen LogP contribution in [0.25, 0.3) is 11.3 Å². The largest absolute Gasteiger partial charge is 0.345 e. The van der Waals surface area contributed by atoms with Crippen LogP contribution in [0.3, 0.4) is 0 Å². The highest BCUT2D eigenvalue weighted by Crippen LogP contribution is 2.24. The zero-order chi connectivity index (χ0) is 18.9. The molecule has 0 aliphatic carbocycles. The Kier molecular flexibility index (Phi) is 6.92. The van der Waals surface area contributed by atoms with E-state index in [4.69, 9.17) is 0 Å². The van der Waals surface area contributed by atoms with Crippen molar-refractivity contribution in [2.75, 3.05) is 11.9 Å². The van der Waals surface area contributed by atoms with Gasteiger partial charge in [-0.15, -0.1) is 0 Å². The summed E-state index contributed by atoms with van der Waals surface area (Å²) in [4.78, 5) is 6.48. The van der Waals surface area contributed by atoms with Crippen LogP contribution >= 0.6 is 0 Å². The van der Waals surface area contributed by atoms with Gasteiger partial charge in [0.1, 0.15) is 0 Å². The molecule has 0 spiro atoms. The highest BCUT2D eigenvalue weighted by atomic mass is 15.1. The third-order valence-electron chi connectivity index (χ3n) is 4.15. The van der Waals surface area contributed by atoms with E-state index in [1.165, 1.54) is 0 Å². The highest BCUT2D eigenvalue weighted by molar-refractivity contribution is 5.67. The van der Waals surface area contributed by atoms with Crippen molar-refractivity contribution < 1.29 is 0 Å². The molecule has 0 amide bonds. The summed E-state index contributed by atoms with van der Waals surface area (Å²) in [6.07, 6.45) is 11.9. The number of aromatic nitrogens is 1. The van der Waals surface area contributed by atoms with Crippen molar-refractivity contribution in [3.8, 4) is 11.3 Å². The summed E-state index contributed by atoms with van der Waals surface area (Å²) in [5.74, 6) is 0. The molecule has 26 heavy (non-hydrogen) atoms. The Morgan fingerprint density at radius 1 is 1.08 bits per heavy atom. The first-order valence-corrected chi connectivity index (χ1v) is 8.64. The molecule has 1 aromatic carbocycles. The Morgan fingerprint density at radius 2 is 1.88 bits per heavy atom. The molecule has 2 aromatic rings. The lowest BCUT2D eigenvalue weighted by Crippen LogP contribution is -2.14. The molecule has 1 aromatic heterocycles. The number of hydrogen-bond acceptors (Lipinski definition) is 2. The molecule has 0 saturated heterocycles. The Balaban J connectivity index is 2.13. The first-order chi connectivity index (χ1) is 12.5. The lowest BCUT2D eigenvalue weighted by Gasteiger charge is -2.20. The molecule has 0 atom stereocenters. The van der Waals surface area contributed by atoms with Crippen LogP contribution < -0.4 is 4.90 Å². The summed E-state index contributed by atoms with van der Waals surface area (Å²) in [5.41, 5.74) is 6.10. The molecular formula is C24H26N2. The van der Waals surface area contributed by atoms with E-state index in [9.17, 15) is 0 Å². The van der Waals surface area contributed by atoms with Crippen LogP contribution in [0, 0.1) is 0 Å². The number of nitrogens with zero attached hydrogens (tertiary/aromatic N) is 2. The number of hydrogen-bond donors (Lipinski definition) is 0. The van der Waals surface area contributed by atoms with Gasteiger partial charge in [0.2, 0.25) is 0 Å². The van der Waals surface area contributed by atoms with Gasteiger partial charge in [-0.2, -0.15) is 0 Å². The fourth-order valence-corrected chi connectivity index (χ4v) is 2.36. The van der Waals surface area contributed by atoms with Crippen molar-refractivity contribution in [3.63, 3.8) is 0 Å². The van der Waals surface area contributed by atoms with Gasteiger partial charge in [0, 0.05) is 30.2 Å². The number of pyridine rings is 1. The maximum atomic E-state index is 4.42. The quantitative estimate of drug-likeness (QED) is 0.546. The Bertz CT molecular complexity index is 855. The third kappa shape index (κ3) is 5.18. The molecule has 0 aliphatic rings. The molecule has 0 radical (unpaired) electrons. The van der Waals surface area contributed by atoms with Crippen LogP contribution in [-0.4, -0.2) is 12.0 Å². The van der Waals surface area contributed by atoms with E-state index in [0.717, 1.165) is 33.8 Å². The molecule has 0 saturated carbocycles. The predicted molar refractivity (Wildman–Crippen MR) is 114 cm³/mol. The highest BCUT2D eigenvalue weighted by Gasteiger charge is 2.05. The molecule has 132 valence electrons. The molecule has 2 nitrogen and oxygen atoms in total. The van der Waals surface area contributed by atoms with Crippen LogP contribution in [0.2, 0.25) is 0 Å². The van der Waals surface area contributed by atoms with Gasteiger partial charge in [-0.25, -0.2) is 0 Å². The summed E-state index contributed by atoms with van der Waals surface area (Å²) in [6.45, 7) is 12.3. The van der Waals surface area contributed by atoms with Crippen molar-refractivity contribution in [2.24, 2.45) is 0 Å². The fourth-order valence-electron chi connectivity index (χ4n) is 2.36. The lowest BCUT2D eigenvalue weighted by atomic mass is 10.1. The topological polar surface area (TPSA) is 16.1 Å². The van der Waals surface area contributed by atoms with Crippen molar-refractivity contribution in [1.29, 1.82) is 0 Å². The molecule has 0 unspecified atom stereocenters. The normalized spacial score (nSPS) is 11.9. The van der Waals surface area contributed by atoms with Gasteiger partial charge in [0.25, 0.3) is 0 Å². The van der Waals surface area contributed by atoms with Crippen molar-refractivity contribution in [2.45, 2.75) is 13.8 Å². The van der Waals surface area contributed by atoms with Crippen LogP contribution in [0.4, 0.5) is 5.69 Å². The minimum absolute atomic E-state index is 0.892. The van der Waals surface area contributed by atoms with Crippen LogP contribution in [0.15, 0.2) is 109 Å². The summed E-state index contributed by atoms with van der Waals surface area (Å²) < 4.78 is 0. The lowest BCUT2D eigenvalue weighted by molar-refractivity contribution is 1.14. The summed E-state index contributed by atoms with van der Waals surface area (Å²) in [5, 5.41) is 0. The van der Waals surface area contributed by atoms with Gasteiger partial charge in [-0.3, -0.25) is 4.98 Å². The maximum absolute atomic E-state index is 4.42. The second-order valence-electron chi connectivity index (χ2n) is 6.05. The van der Waals surface area contributed by atoms with E-state index < -0.39 is 0 Å². The molecule has 0 aliphatic heterocycles. The summed E-state index contributed by atoms with van der Waals surface area (Å²) in [6, 6.07) is 14.2. The zero-order valence-corrected chi connectivity index (χ0v) is 15.8. The van der Waals surface area contributed by atoms with E-state index in [1.54, 1.807) is 0 Å². The van der Waals surface area contributed by atoms with Gasteiger partial charge in [-0.05, 0) is 55.3 Å². The number of likely N-dealkylation sites (N-methyl/N-ethyl adjacent to an activating group) is 1. The molecule has 0 bridgehead atoms. The Morgan fingerprint density at radius 3 is 2.58 bits per heavy atom. The van der Waals surface area contributed by atoms with Crippen molar-refractivity contribution in [3.05, 3.63) is 109 Å². The van der Waals surface area contributed by atoms with Crippen LogP contribution in [0.5, 0.6) is 0 Å². The Hall–Kier alpha value is -3.13. The number of anilines is 1. The summed E-state index contributed by atoms with van der Waals surface area (Å²) in [7, 11) is 2.01. The predicted octanol–water partition coefficient (Wildman–Crippen LogP) is 6.33. The second kappa shape index (κ2) is 9.38. The van der Waals surface area contributed by atoms with Gasteiger partial charge < -0.3 is 4.90 Å². The number of benzene rings is 1. The van der Waals surface area contributed by atoms with Gasteiger partial charge in [0.15, 0.2) is 0 Å². The van der Waals surface area contributed by atoms with E-state index in [1.807, 2.05) is 68.7 Å². The molecule has 1 heterocycles. The van der Waals surface area contributed by atoms with E-state index in [-0.39, 0.29) is 0 Å².